The normalized spacial score (nSPS) is 22.4. The third kappa shape index (κ3) is 3.76. The molecule has 0 radical (unpaired) electrons. The predicted octanol–water partition coefficient (Wildman–Crippen LogP) is 3.41. The van der Waals surface area contributed by atoms with E-state index in [1.807, 2.05) is 11.5 Å². The van der Waals surface area contributed by atoms with Crippen molar-refractivity contribution >= 4 is 34.2 Å². The van der Waals surface area contributed by atoms with Gasteiger partial charge in [-0.3, -0.25) is 9.59 Å². The summed E-state index contributed by atoms with van der Waals surface area (Å²) in [6.07, 6.45) is 6.42. The summed E-state index contributed by atoms with van der Waals surface area (Å²) in [4.78, 5) is 36.4. The number of nitrogens with one attached hydrogen (secondary N) is 1. The van der Waals surface area contributed by atoms with Crippen molar-refractivity contribution in [3.8, 4) is 0 Å². The second kappa shape index (κ2) is 7.39. The Kier molecular flexibility index (Phi) is 5.22. The topological polar surface area (TPSA) is 92.7 Å². The Morgan fingerprint density at radius 2 is 1.92 bits per heavy atom. The molecule has 2 aliphatic carbocycles. The number of carboxylic acid groups (broad SMARTS) is 1. The second-order valence-corrected chi connectivity index (χ2v) is 7.25. The Balaban J connectivity index is 1.82. The van der Waals surface area contributed by atoms with Gasteiger partial charge in [0.25, 0.3) is 0 Å². The van der Waals surface area contributed by atoms with Crippen LogP contribution in [0.1, 0.15) is 54.4 Å². The van der Waals surface area contributed by atoms with Crippen LogP contribution in [0.5, 0.6) is 0 Å². The molecular formula is C18H21NO5S. The van der Waals surface area contributed by atoms with Gasteiger partial charge in [0.1, 0.15) is 5.00 Å². The molecular weight excluding hydrogens is 342 g/mol. The number of carboxylic acids is 1. The standard InChI is InChI=1S/C18H21NO5S/c1-2-24-18(23)14-13(10-7-8-10)9-25-16(14)19-15(20)11-5-3-4-6-12(11)17(21)22/h3-4,9-12H,2,5-8H2,1H3,(H,19,20)(H,21,22)/t11-,12+/m0/s1. The van der Waals surface area contributed by atoms with Gasteiger partial charge in [0.05, 0.1) is 24.0 Å². The molecule has 6 nitrogen and oxygen atoms in total. The van der Waals surface area contributed by atoms with Gasteiger partial charge in [-0.05, 0) is 49.5 Å². The van der Waals surface area contributed by atoms with E-state index in [0.717, 1.165) is 18.4 Å². The molecule has 1 saturated carbocycles. The highest BCUT2D eigenvalue weighted by Crippen LogP contribution is 2.46. The molecule has 3 rings (SSSR count). The van der Waals surface area contributed by atoms with Crippen LogP contribution in [0.2, 0.25) is 0 Å². The number of anilines is 1. The van der Waals surface area contributed by atoms with E-state index in [1.54, 1.807) is 13.0 Å². The van der Waals surface area contributed by atoms with Crippen LogP contribution in [0.3, 0.4) is 0 Å². The number of aliphatic carboxylic acids is 1. The summed E-state index contributed by atoms with van der Waals surface area (Å²) < 4.78 is 5.14. The molecule has 2 aliphatic rings. The maximum Gasteiger partial charge on any atom is 0.341 e. The van der Waals surface area contributed by atoms with E-state index in [1.165, 1.54) is 11.3 Å². The second-order valence-electron chi connectivity index (χ2n) is 6.37. The summed E-state index contributed by atoms with van der Waals surface area (Å²) in [6.45, 7) is 2.01. The number of ether oxygens (including phenoxy) is 1. The van der Waals surface area contributed by atoms with Crippen LogP contribution >= 0.6 is 11.3 Å². The largest absolute Gasteiger partial charge is 0.481 e. The van der Waals surface area contributed by atoms with Crippen molar-refractivity contribution in [2.45, 2.75) is 38.5 Å². The third-order valence-electron chi connectivity index (χ3n) is 4.64. The molecule has 0 bridgehead atoms. The van der Waals surface area contributed by atoms with Crippen molar-refractivity contribution in [3.05, 3.63) is 28.7 Å². The number of hydrogen-bond acceptors (Lipinski definition) is 5. The first-order chi connectivity index (χ1) is 12.0. The van der Waals surface area contributed by atoms with Gasteiger partial charge in [0.15, 0.2) is 0 Å². The average molecular weight is 363 g/mol. The minimum Gasteiger partial charge on any atom is -0.481 e. The first-order valence-electron chi connectivity index (χ1n) is 8.50. The fourth-order valence-corrected chi connectivity index (χ4v) is 4.19. The van der Waals surface area contributed by atoms with E-state index >= 15 is 0 Å². The van der Waals surface area contributed by atoms with Crippen LogP contribution in [0, 0.1) is 11.8 Å². The maximum atomic E-state index is 12.7. The molecule has 134 valence electrons. The van der Waals surface area contributed by atoms with Crippen molar-refractivity contribution in [3.63, 3.8) is 0 Å². The van der Waals surface area contributed by atoms with E-state index < -0.39 is 23.8 Å². The molecule has 0 aromatic carbocycles. The zero-order chi connectivity index (χ0) is 18.0. The van der Waals surface area contributed by atoms with E-state index in [0.29, 0.717) is 29.3 Å². The number of allylic oxidation sites excluding steroid dienone is 2. The number of esters is 1. The first kappa shape index (κ1) is 17.7. The third-order valence-corrected chi connectivity index (χ3v) is 5.55. The quantitative estimate of drug-likeness (QED) is 0.597. The minimum absolute atomic E-state index is 0.265. The Labute approximate surface area is 149 Å². The zero-order valence-electron chi connectivity index (χ0n) is 14.0. The number of rotatable bonds is 6. The van der Waals surface area contributed by atoms with Crippen LogP contribution in [-0.4, -0.2) is 29.6 Å². The molecule has 1 fully saturated rings. The van der Waals surface area contributed by atoms with Gasteiger partial charge >= 0.3 is 11.9 Å². The van der Waals surface area contributed by atoms with E-state index in [-0.39, 0.29) is 12.5 Å². The summed E-state index contributed by atoms with van der Waals surface area (Å²) in [5.74, 6) is -2.78. The van der Waals surface area contributed by atoms with Crippen LogP contribution in [0.25, 0.3) is 0 Å². The zero-order valence-corrected chi connectivity index (χ0v) is 14.8. The Morgan fingerprint density at radius 3 is 2.52 bits per heavy atom. The molecule has 2 N–H and O–H groups in total. The van der Waals surface area contributed by atoms with Crippen molar-refractivity contribution in [2.24, 2.45) is 11.8 Å². The monoisotopic (exact) mass is 363 g/mol. The van der Waals surface area contributed by atoms with Crippen LogP contribution in [0.4, 0.5) is 5.00 Å². The predicted molar refractivity (Wildman–Crippen MR) is 93.9 cm³/mol. The number of thiophene rings is 1. The molecule has 2 atom stereocenters. The fraction of sp³-hybridized carbons (Fsp3) is 0.500. The highest BCUT2D eigenvalue weighted by molar-refractivity contribution is 7.15. The molecule has 0 spiro atoms. The summed E-state index contributed by atoms with van der Waals surface area (Å²) >= 11 is 1.30. The molecule has 0 aliphatic heterocycles. The molecule has 0 saturated heterocycles. The highest BCUT2D eigenvalue weighted by Gasteiger charge is 2.36. The van der Waals surface area contributed by atoms with E-state index in [9.17, 15) is 19.5 Å². The lowest BCUT2D eigenvalue weighted by Crippen LogP contribution is -2.34. The van der Waals surface area contributed by atoms with E-state index in [2.05, 4.69) is 5.32 Å². The summed E-state index contributed by atoms with van der Waals surface area (Å²) in [6, 6.07) is 0. The van der Waals surface area contributed by atoms with Gasteiger partial charge in [0.2, 0.25) is 5.91 Å². The number of carbonyl (C=O) groups is 3. The van der Waals surface area contributed by atoms with Gasteiger partial charge in [-0.15, -0.1) is 11.3 Å². The van der Waals surface area contributed by atoms with Gasteiger partial charge in [-0.25, -0.2) is 4.79 Å². The molecule has 0 unspecified atom stereocenters. The van der Waals surface area contributed by atoms with Crippen LogP contribution < -0.4 is 5.32 Å². The molecule has 1 heterocycles. The van der Waals surface area contributed by atoms with Crippen LogP contribution in [-0.2, 0) is 14.3 Å². The Morgan fingerprint density at radius 1 is 1.24 bits per heavy atom. The number of amides is 1. The van der Waals surface area contributed by atoms with Gasteiger partial charge in [0, 0.05) is 0 Å². The lowest BCUT2D eigenvalue weighted by atomic mass is 9.82. The Bertz CT molecular complexity index is 719. The number of carbonyl (C=O) groups excluding carboxylic acids is 2. The number of hydrogen-bond donors (Lipinski definition) is 2. The maximum absolute atomic E-state index is 12.7. The molecule has 7 heteroatoms. The van der Waals surface area contributed by atoms with Crippen molar-refractivity contribution in [2.75, 3.05) is 11.9 Å². The minimum atomic E-state index is -0.972. The molecule has 1 aromatic heterocycles. The van der Waals surface area contributed by atoms with Crippen molar-refractivity contribution in [1.29, 1.82) is 0 Å². The van der Waals surface area contributed by atoms with Gasteiger partial charge in [-0.1, -0.05) is 12.2 Å². The lowest BCUT2D eigenvalue weighted by molar-refractivity contribution is -0.146. The van der Waals surface area contributed by atoms with E-state index in [4.69, 9.17) is 4.74 Å². The molecule has 1 aromatic rings. The molecule has 1 amide bonds. The first-order valence-corrected chi connectivity index (χ1v) is 9.38. The molecule has 25 heavy (non-hydrogen) atoms. The van der Waals surface area contributed by atoms with Crippen molar-refractivity contribution in [1.82, 2.24) is 0 Å². The smallest absolute Gasteiger partial charge is 0.341 e. The fourth-order valence-electron chi connectivity index (χ4n) is 3.15. The summed E-state index contributed by atoms with van der Waals surface area (Å²) in [5.41, 5.74) is 1.36. The van der Waals surface area contributed by atoms with Crippen LogP contribution in [0.15, 0.2) is 17.5 Å². The summed E-state index contributed by atoms with van der Waals surface area (Å²) in [7, 11) is 0. The van der Waals surface area contributed by atoms with Gasteiger partial charge in [-0.2, -0.15) is 0 Å². The average Bonchev–Trinajstić information content (AvgIpc) is 3.35. The summed E-state index contributed by atoms with van der Waals surface area (Å²) in [5, 5.41) is 14.5. The lowest BCUT2D eigenvalue weighted by Gasteiger charge is -2.24. The highest BCUT2D eigenvalue weighted by atomic mass is 32.1. The SMILES string of the molecule is CCOC(=O)c1c(C2CC2)csc1NC(=O)[C@H]1CC=CC[C@H]1C(=O)O. The van der Waals surface area contributed by atoms with Crippen molar-refractivity contribution < 1.29 is 24.2 Å². The Hall–Kier alpha value is -2.15. The van der Waals surface area contributed by atoms with Gasteiger partial charge < -0.3 is 15.2 Å².